The van der Waals surface area contributed by atoms with Crippen molar-refractivity contribution in [1.29, 1.82) is 0 Å². The number of aliphatic hydroxyl groups is 2. The molecule has 6 nitrogen and oxygen atoms in total. The Kier molecular flexibility index (Phi) is 66.4. The highest BCUT2D eigenvalue weighted by molar-refractivity contribution is 5.76. The van der Waals surface area contributed by atoms with E-state index < -0.39 is 12.1 Å². The maximum Gasteiger partial charge on any atom is 0.305 e. The van der Waals surface area contributed by atoms with Crippen LogP contribution < -0.4 is 5.32 Å². The summed E-state index contributed by atoms with van der Waals surface area (Å²) in [5.41, 5.74) is 0. The third-order valence-corrected chi connectivity index (χ3v) is 17.2. The summed E-state index contributed by atoms with van der Waals surface area (Å²) in [6.45, 7) is 5.01. The van der Waals surface area contributed by atoms with Crippen LogP contribution in [0.4, 0.5) is 0 Å². The summed E-state index contributed by atoms with van der Waals surface area (Å²) in [5, 5.41) is 23.4. The van der Waals surface area contributed by atoms with E-state index in [1.165, 1.54) is 347 Å². The molecular formula is C71H141NO5. The lowest BCUT2D eigenvalue weighted by Crippen LogP contribution is -2.45. The molecule has 0 fully saturated rings. The van der Waals surface area contributed by atoms with E-state index in [2.05, 4.69) is 19.2 Å². The molecule has 0 aliphatic rings. The Labute approximate surface area is 483 Å². The topological polar surface area (TPSA) is 95.9 Å². The van der Waals surface area contributed by atoms with Gasteiger partial charge in [-0.05, 0) is 25.7 Å². The van der Waals surface area contributed by atoms with Crippen molar-refractivity contribution in [2.45, 2.75) is 431 Å². The fraction of sp³-hybridized carbons (Fsp3) is 0.972. The maximum absolute atomic E-state index is 12.5. The number of hydrogen-bond donors (Lipinski definition) is 3. The molecule has 2 unspecified atom stereocenters. The first kappa shape index (κ1) is 75.9. The lowest BCUT2D eigenvalue weighted by atomic mass is 10.0. The molecule has 0 aromatic heterocycles. The number of amides is 1. The minimum atomic E-state index is -0.663. The van der Waals surface area contributed by atoms with Gasteiger partial charge in [0.2, 0.25) is 5.91 Å². The van der Waals surface area contributed by atoms with Gasteiger partial charge in [0.25, 0.3) is 0 Å². The Morgan fingerprint density at radius 2 is 0.532 bits per heavy atom. The summed E-state index contributed by atoms with van der Waals surface area (Å²) in [6, 6.07) is -0.540. The van der Waals surface area contributed by atoms with Crippen molar-refractivity contribution in [2.75, 3.05) is 13.2 Å². The summed E-state index contributed by atoms with van der Waals surface area (Å²) in [4.78, 5) is 24.6. The smallest absolute Gasteiger partial charge is 0.305 e. The molecule has 3 N–H and O–H groups in total. The van der Waals surface area contributed by atoms with Gasteiger partial charge in [-0.2, -0.15) is 0 Å². The van der Waals surface area contributed by atoms with E-state index in [0.29, 0.717) is 25.9 Å². The average molecular weight is 1090 g/mol. The monoisotopic (exact) mass is 1090 g/mol. The lowest BCUT2D eigenvalue weighted by molar-refractivity contribution is -0.143. The van der Waals surface area contributed by atoms with Gasteiger partial charge < -0.3 is 20.3 Å². The molecule has 0 rings (SSSR count). The Morgan fingerprint density at radius 1 is 0.312 bits per heavy atom. The molecule has 0 spiro atoms. The number of hydrogen-bond acceptors (Lipinski definition) is 5. The molecular weight excluding hydrogens is 947 g/mol. The minimum Gasteiger partial charge on any atom is -0.466 e. The molecule has 0 heterocycles. The SMILES string of the molecule is CCCCCCCCCCCCCCCCCCCCCC(O)C(CO)NC(=O)CCCCCCCCCCCCCCCCCCCCCCCCCCOC(=O)CCCCCCCCCCCCCCCCCCC. The van der Waals surface area contributed by atoms with Gasteiger partial charge in [0.15, 0.2) is 0 Å². The number of carbonyl (C=O) groups excluding carboxylic acids is 2. The Hall–Kier alpha value is -1.14. The molecule has 1 amide bonds. The van der Waals surface area contributed by atoms with Crippen molar-refractivity contribution in [3.63, 3.8) is 0 Å². The van der Waals surface area contributed by atoms with Crippen LogP contribution in [0.15, 0.2) is 0 Å². The van der Waals surface area contributed by atoms with E-state index in [1.807, 2.05) is 0 Å². The molecule has 0 bridgehead atoms. The van der Waals surface area contributed by atoms with E-state index in [-0.39, 0.29) is 18.5 Å². The van der Waals surface area contributed by atoms with Crippen LogP contribution in [0.25, 0.3) is 0 Å². The molecule has 0 radical (unpaired) electrons. The van der Waals surface area contributed by atoms with Gasteiger partial charge >= 0.3 is 5.97 Å². The number of unbranched alkanes of at least 4 members (excludes halogenated alkanes) is 57. The molecule has 6 heteroatoms. The largest absolute Gasteiger partial charge is 0.466 e. The second-order valence-electron chi connectivity index (χ2n) is 24.9. The first-order chi connectivity index (χ1) is 38.0. The predicted molar refractivity (Wildman–Crippen MR) is 338 cm³/mol. The summed E-state index contributed by atoms with van der Waals surface area (Å²) in [6.07, 6.45) is 81.5. The van der Waals surface area contributed by atoms with Crippen molar-refractivity contribution in [1.82, 2.24) is 5.32 Å². The van der Waals surface area contributed by atoms with E-state index in [1.54, 1.807) is 0 Å². The lowest BCUT2D eigenvalue weighted by Gasteiger charge is -2.22. The van der Waals surface area contributed by atoms with E-state index in [4.69, 9.17) is 4.74 Å². The van der Waals surface area contributed by atoms with Gasteiger partial charge in [-0.15, -0.1) is 0 Å². The Balaban J connectivity index is 3.34. The predicted octanol–water partition coefficient (Wildman–Crippen LogP) is 23.0. The van der Waals surface area contributed by atoms with Crippen LogP contribution in [0.1, 0.15) is 418 Å². The minimum absolute atomic E-state index is 0.0209. The molecule has 0 saturated heterocycles. The Bertz CT molecular complexity index is 1120. The highest BCUT2D eigenvalue weighted by Gasteiger charge is 2.20. The fourth-order valence-electron chi connectivity index (χ4n) is 11.7. The van der Waals surface area contributed by atoms with Crippen LogP contribution in [-0.4, -0.2) is 47.4 Å². The normalized spacial score (nSPS) is 12.4. The zero-order valence-corrected chi connectivity index (χ0v) is 52.7. The summed E-state index contributed by atoms with van der Waals surface area (Å²) in [7, 11) is 0. The van der Waals surface area contributed by atoms with E-state index in [9.17, 15) is 19.8 Å². The molecule has 0 aromatic carbocycles. The molecule has 0 aliphatic heterocycles. The number of nitrogens with one attached hydrogen (secondary N) is 1. The second-order valence-corrected chi connectivity index (χ2v) is 24.9. The quantitative estimate of drug-likeness (QED) is 0.0417. The number of esters is 1. The van der Waals surface area contributed by atoms with E-state index in [0.717, 1.165) is 38.5 Å². The third-order valence-electron chi connectivity index (χ3n) is 17.2. The van der Waals surface area contributed by atoms with Crippen LogP contribution in [0, 0.1) is 0 Å². The zero-order chi connectivity index (χ0) is 55.7. The van der Waals surface area contributed by atoms with Gasteiger partial charge in [0, 0.05) is 12.8 Å². The Morgan fingerprint density at radius 3 is 0.792 bits per heavy atom. The van der Waals surface area contributed by atoms with Crippen molar-refractivity contribution in [3.05, 3.63) is 0 Å². The number of aliphatic hydroxyl groups excluding tert-OH is 2. The van der Waals surface area contributed by atoms with Gasteiger partial charge in [-0.25, -0.2) is 0 Å². The molecule has 2 atom stereocenters. The van der Waals surface area contributed by atoms with Gasteiger partial charge in [0.1, 0.15) is 0 Å². The first-order valence-electron chi connectivity index (χ1n) is 35.8. The standard InChI is InChI=1S/C71H141NO5/c1-3-5-7-9-11-13-15-17-19-21-28-32-35-39-43-47-51-55-59-63-69(74)68(67-73)72-70(75)64-60-56-52-48-44-40-36-33-29-26-24-22-23-25-27-30-34-38-42-46-50-54-58-62-66-77-71(76)65-61-57-53-49-45-41-37-31-20-18-16-14-12-10-8-6-4-2/h68-69,73-74H,3-67H2,1-2H3,(H,72,75). The number of rotatable bonds is 68. The summed E-state index contributed by atoms with van der Waals surface area (Å²) in [5.74, 6) is -0.00772. The van der Waals surface area contributed by atoms with Gasteiger partial charge in [-0.1, -0.05) is 380 Å². The highest BCUT2D eigenvalue weighted by atomic mass is 16.5. The molecule has 0 aromatic rings. The van der Waals surface area contributed by atoms with E-state index >= 15 is 0 Å². The van der Waals surface area contributed by atoms with Crippen molar-refractivity contribution >= 4 is 11.9 Å². The summed E-state index contributed by atoms with van der Waals surface area (Å²) >= 11 is 0. The maximum atomic E-state index is 12.5. The molecule has 0 aliphatic carbocycles. The van der Waals surface area contributed by atoms with Crippen molar-refractivity contribution in [3.8, 4) is 0 Å². The third kappa shape index (κ3) is 63.9. The zero-order valence-electron chi connectivity index (χ0n) is 52.7. The molecule has 77 heavy (non-hydrogen) atoms. The van der Waals surface area contributed by atoms with Crippen LogP contribution in [-0.2, 0) is 14.3 Å². The van der Waals surface area contributed by atoms with Crippen LogP contribution >= 0.6 is 0 Å². The van der Waals surface area contributed by atoms with Crippen molar-refractivity contribution < 1.29 is 24.5 Å². The summed E-state index contributed by atoms with van der Waals surface area (Å²) < 4.78 is 5.51. The second kappa shape index (κ2) is 67.4. The molecule has 0 saturated carbocycles. The number of ether oxygens (including phenoxy) is 1. The van der Waals surface area contributed by atoms with Gasteiger partial charge in [0.05, 0.1) is 25.4 Å². The number of carbonyl (C=O) groups is 2. The first-order valence-corrected chi connectivity index (χ1v) is 35.8. The highest BCUT2D eigenvalue weighted by Crippen LogP contribution is 2.20. The average Bonchev–Trinajstić information content (AvgIpc) is 3.43. The van der Waals surface area contributed by atoms with Gasteiger partial charge in [-0.3, -0.25) is 9.59 Å². The molecule has 460 valence electrons. The fourth-order valence-corrected chi connectivity index (χ4v) is 11.7. The van der Waals surface area contributed by atoms with Crippen LogP contribution in [0.3, 0.4) is 0 Å². The van der Waals surface area contributed by atoms with Crippen LogP contribution in [0.2, 0.25) is 0 Å². The van der Waals surface area contributed by atoms with Crippen molar-refractivity contribution in [2.24, 2.45) is 0 Å². The van der Waals surface area contributed by atoms with Crippen LogP contribution in [0.5, 0.6) is 0 Å².